The molecule has 1 saturated heterocycles. The van der Waals surface area contributed by atoms with Gasteiger partial charge in [-0.1, -0.05) is 29.8 Å². The molecule has 144 valence electrons. The first-order chi connectivity index (χ1) is 13.6. The largest absolute Gasteiger partial charge is 0.332 e. The maximum absolute atomic E-state index is 12.7. The molecular weight excluding hydrogens is 372 g/mol. The Bertz CT molecular complexity index is 1110. The quantitative estimate of drug-likeness (QED) is 0.636. The van der Waals surface area contributed by atoms with Gasteiger partial charge in [0, 0.05) is 38.0 Å². The summed E-state index contributed by atoms with van der Waals surface area (Å²) in [6.07, 6.45) is 0. The van der Waals surface area contributed by atoms with E-state index >= 15 is 0 Å². The van der Waals surface area contributed by atoms with Crippen LogP contribution >= 0.6 is 11.3 Å². The standard InChI is InChI=1S/C21H22N4O2S/c1-14-2-4-15(5-3-14)9-25-21(27)20(26)24-11-17-10-23(8-16-6-7-28-13-16)12-18(17)19(24)22-25/h2-7,13,17-18H,8-12H2,1H3/t17-,18+/m0/s1. The highest BCUT2D eigenvalue weighted by Crippen LogP contribution is 2.37. The molecule has 5 rings (SSSR count). The second-order valence-corrected chi connectivity index (χ2v) is 8.69. The van der Waals surface area contributed by atoms with Gasteiger partial charge in [-0.15, -0.1) is 0 Å². The second-order valence-electron chi connectivity index (χ2n) is 7.91. The minimum atomic E-state index is -0.528. The molecule has 1 fully saturated rings. The minimum absolute atomic E-state index is 0.219. The Morgan fingerprint density at radius 3 is 2.57 bits per heavy atom. The molecule has 0 N–H and O–H groups in total. The Morgan fingerprint density at radius 2 is 1.82 bits per heavy atom. The van der Waals surface area contributed by atoms with Crippen molar-refractivity contribution in [1.29, 1.82) is 0 Å². The lowest BCUT2D eigenvalue weighted by molar-refractivity contribution is 0.304. The van der Waals surface area contributed by atoms with E-state index in [0.717, 1.165) is 36.6 Å². The van der Waals surface area contributed by atoms with E-state index in [4.69, 9.17) is 0 Å². The molecule has 0 aliphatic carbocycles. The van der Waals surface area contributed by atoms with Crippen LogP contribution in [0.3, 0.4) is 0 Å². The first-order valence-corrected chi connectivity index (χ1v) is 10.5. The first kappa shape index (κ1) is 17.6. The van der Waals surface area contributed by atoms with E-state index in [-0.39, 0.29) is 5.92 Å². The van der Waals surface area contributed by atoms with Crippen LogP contribution in [0, 0.1) is 12.8 Å². The van der Waals surface area contributed by atoms with Crippen molar-refractivity contribution in [1.82, 2.24) is 19.2 Å². The van der Waals surface area contributed by atoms with Crippen LogP contribution in [0.5, 0.6) is 0 Å². The third-order valence-corrected chi connectivity index (χ3v) is 6.60. The lowest BCUT2D eigenvalue weighted by Crippen LogP contribution is -2.44. The van der Waals surface area contributed by atoms with E-state index in [9.17, 15) is 9.59 Å². The molecule has 2 aromatic heterocycles. The van der Waals surface area contributed by atoms with Gasteiger partial charge in [-0.2, -0.15) is 16.4 Å². The molecule has 2 aliphatic heterocycles. The summed E-state index contributed by atoms with van der Waals surface area (Å²) in [6, 6.07) is 10.1. The van der Waals surface area contributed by atoms with Crippen molar-refractivity contribution in [2.75, 3.05) is 13.1 Å². The zero-order valence-electron chi connectivity index (χ0n) is 15.7. The van der Waals surface area contributed by atoms with Gasteiger partial charge in [0.05, 0.1) is 6.54 Å². The molecule has 6 nitrogen and oxygen atoms in total. The molecule has 7 heteroatoms. The summed E-state index contributed by atoms with van der Waals surface area (Å²) >= 11 is 1.72. The number of hydrogen-bond acceptors (Lipinski definition) is 5. The summed E-state index contributed by atoms with van der Waals surface area (Å²) in [4.78, 5) is 27.7. The number of aromatic nitrogens is 3. The van der Waals surface area contributed by atoms with Gasteiger partial charge in [-0.3, -0.25) is 19.1 Å². The summed E-state index contributed by atoms with van der Waals surface area (Å²) in [5.41, 5.74) is 2.51. The maximum Gasteiger partial charge on any atom is 0.332 e. The Labute approximate surface area is 166 Å². The van der Waals surface area contributed by atoms with Gasteiger partial charge in [-0.25, -0.2) is 4.68 Å². The average molecular weight is 395 g/mol. The van der Waals surface area contributed by atoms with Crippen molar-refractivity contribution >= 4 is 11.3 Å². The van der Waals surface area contributed by atoms with Crippen molar-refractivity contribution in [3.8, 4) is 0 Å². The molecule has 0 spiro atoms. The zero-order valence-corrected chi connectivity index (χ0v) is 16.6. The van der Waals surface area contributed by atoms with Crippen LogP contribution in [0.2, 0.25) is 0 Å². The highest BCUT2D eigenvalue weighted by Gasteiger charge is 2.42. The lowest BCUT2D eigenvalue weighted by Gasteiger charge is -2.17. The van der Waals surface area contributed by atoms with Crippen LogP contribution in [-0.4, -0.2) is 32.3 Å². The molecule has 3 aromatic rings. The van der Waals surface area contributed by atoms with Gasteiger partial charge in [0.25, 0.3) is 0 Å². The van der Waals surface area contributed by atoms with Gasteiger partial charge in [0.2, 0.25) is 0 Å². The highest BCUT2D eigenvalue weighted by atomic mass is 32.1. The summed E-state index contributed by atoms with van der Waals surface area (Å²) in [5, 5.41) is 8.94. The van der Waals surface area contributed by atoms with Crippen LogP contribution in [-0.2, 0) is 19.6 Å². The molecule has 0 bridgehead atoms. The summed E-state index contributed by atoms with van der Waals surface area (Å²) < 4.78 is 2.97. The molecule has 0 saturated carbocycles. The smallest absolute Gasteiger partial charge is 0.298 e. The number of thiophene rings is 1. The van der Waals surface area contributed by atoms with E-state index in [1.165, 1.54) is 10.2 Å². The van der Waals surface area contributed by atoms with Gasteiger partial charge in [0.1, 0.15) is 5.82 Å². The second kappa shape index (κ2) is 6.83. The molecule has 0 radical (unpaired) electrons. The van der Waals surface area contributed by atoms with Crippen molar-refractivity contribution in [2.24, 2.45) is 5.92 Å². The Hall–Kier alpha value is -2.51. The predicted molar refractivity (Wildman–Crippen MR) is 109 cm³/mol. The molecule has 28 heavy (non-hydrogen) atoms. The van der Waals surface area contributed by atoms with Gasteiger partial charge < -0.3 is 0 Å². The number of nitrogens with zero attached hydrogens (tertiary/aromatic N) is 4. The SMILES string of the molecule is Cc1ccc(Cn2nc3n(c(=O)c2=O)C[C@@H]2CN(Cc4ccsc4)C[C@@H]32)cc1. The maximum atomic E-state index is 12.7. The fourth-order valence-corrected chi connectivity index (χ4v) is 5.08. The summed E-state index contributed by atoms with van der Waals surface area (Å²) in [7, 11) is 0. The van der Waals surface area contributed by atoms with Crippen LogP contribution in [0.25, 0.3) is 0 Å². The van der Waals surface area contributed by atoms with Crippen molar-refractivity contribution < 1.29 is 0 Å². The lowest BCUT2D eigenvalue weighted by atomic mass is 10.00. The Balaban J connectivity index is 1.43. The highest BCUT2D eigenvalue weighted by molar-refractivity contribution is 7.07. The summed E-state index contributed by atoms with van der Waals surface area (Å²) in [5.74, 6) is 1.35. The van der Waals surface area contributed by atoms with Gasteiger partial charge in [0.15, 0.2) is 0 Å². The zero-order chi connectivity index (χ0) is 19.3. The monoisotopic (exact) mass is 394 g/mol. The molecular formula is C21H22N4O2S. The van der Waals surface area contributed by atoms with Crippen LogP contribution in [0.1, 0.15) is 28.4 Å². The van der Waals surface area contributed by atoms with Gasteiger partial charge >= 0.3 is 11.1 Å². The minimum Gasteiger partial charge on any atom is -0.298 e. The van der Waals surface area contributed by atoms with Crippen LogP contribution < -0.4 is 11.1 Å². The van der Waals surface area contributed by atoms with E-state index in [1.807, 2.05) is 31.2 Å². The van der Waals surface area contributed by atoms with E-state index in [0.29, 0.717) is 19.0 Å². The third kappa shape index (κ3) is 3.04. The van der Waals surface area contributed by atoms with Crippen molar-refractivity contribution in [2.45, 2.75) is 32.5 Å². The van der Waals surface area contributed by atoms with E-state index in [1.54, 1.807) is 15.9 Å². The Morgan fingerprint density at radius 1 is 1.00 bits per heavy atom. The summed E-state index contributed by atoms with van der Waals surface area (Å²) in [6.45, 7) is 5.72. The molecule has 0 amide bonds. The molecule has 2 aliphatic rings. The number of benzene rings is 1. The number of fused-ring (bicyclic) bond motifs is 3. The fourth-order valence-electron chi connectivity index (χ4n) is 4.42. The first-order valence-electron chi connectivity index (χ1n) is 9.59. The molecule has 0 unspecified atom stereocenters. The normalized spacial score (nSPS) is 21.0. The van der Waals surface area contributed by atoms with Crippen LogP contribution in [0.15, 0.2) is 50.7 Å². The van der Waals surface area contributed by atoms with Gasteiger partial charge in [-0.05, 0) is 34.9 Å². The van der Waals surface area contributed by atoms with Crippen molar-refractivity contribution in [3.05, 3.63) is 84.3 Å². The molecule has 1 aromatic carbocycles. The topological polar surface area (TPSA) is 60.1 Å². The number of aryl methyl sites for hydroxylation is 1. The Kier molecular flexibility index (Phi) is 4.29. The predicted octanol–water partition coefficient (Wildman–Crippen LogP) is 2.05. The van der Waals surface area contributed by atoms with Crippen LogP contribution in [0.4, 0.5) is 0 Å². The number of likely N-dealkylation sites (tertiary alicyclic amines) is 1. The van der Waals surface area contributed by atoms with Crippen molar-refractivity contribution in [3.63, 3.8) is 0 Å². The number of hydrogen-bond donors (Lipinski definition) is 0. The molecule has 2 atom stereocenters. The van der Waals surface area contributed by atoms with E-state index < -0.39 is 11.1 Å². The molecule has 4 heterocycles. The fraction of sp³-hybridized carbons (Fsp3) is 0.381. The van der Waals surface area contributed by atoms with E-state index in [2.05, 4.69) is 26.8 Å². The number of rotatable bonds is 4. The average Bonchev–Trinajstić information content (AvgIpc) is 3.39. The third-order valence-electron chi connectivity index (χ3n) is 5.87.